The van der Waals surface area contributed by atoms with Gasteiger partial charge in [0, 0.05) is 24.0 Å². The molecule has 1 aliphatic rings. The summed E-state index contributed by atoms with van der Waals surface area (Å²) < 4.78 is 17.5. The van der Waals surface area contributed by atoms with Crippen molar-refractivity contribution < 1.29 is 18.7 Å². The quantitative estimate of drug-likeness (QED) is 0.862. The molecule has 1 aromatic carbocycles. The number of thioether (sulfide) groups is 1. The summed E-state index contributed by atoms with van der Waals surface area (Å²) in [7, 11) is 1.36. The number of nitrogens with one attached hydrogen (secondary N) is 1. The third kappa shape index (κ3) is 4.91. The fourth-order valence-corrected chi connectivity index (χ4v) is 2.99. The van der Waals surface area contributed by atoms with Gasteiger partial charge in [-0.05, 0) is 37.1 Å². The van der Waals surface area contributed by atoms with Crippen LogP contribution in [0, 0.1) is 5.82 Å². The number of piperidine rings is 1. The first-order valence-corrected chi connectivity index (χ1v) is 8.07. The van der Waals surface area contributed by atoms with E-state index >= 15 is 0 Å². The summed E-state index contributed by atoms with van der Waals surface area (Å²) >= 11 is 1.37. The average Bonchev–Trinajstić information content (AvgIpc) is 2.54. The van der Waals surface area contributed by atoms with Gasteiger partial charge in [0.1, 0.15) is 5.82 Å². The van der Waals surface area contributed by atoms with Crippen LogP contribution in [0.4, 0.5) is 9.18 Å². The largest absolute Gasteiger partial charge is 0.453 e. The molecule has 0 spiro atoms. The van der Waals surface area contributed by atoms with E-state index in [0.717, 1.165) is 17.7 Å². The van der Waals surface area contributed by atoms with Crippen LogP contribution in [0.5, 0.6) is 0 Å². The summed E-state index contributed by atoms with van der Waals surface area (Å²) in [6.07, 6.45) is 1.13. The average molecular weight is 326 g/mol. The Morgan fingerprint density at radius 3 is 2.55 bits per heavy atom. The lowest BCUT2D eigenvalue weighted by molar-refractivity contribution is -0.119. The van der Waals surface area contributed by atoms with E-state index in [4.69, 9.17) is 0 Å². The number of nitrogens with zero attached hydrogens (tertiary/aromatic N) is 1. The maximum atomic E-state index is 12.8. The number of likely N-dealkylation sites (tertiary alicyclic amines) is 1. The molecule has 0 atom stereocenters. The van der Waals surface area contributed by atoms with Gasteiger partial charge in [-0.1, -0.05) is 0 Å². The van der Waals surface area contributed by atoms with Crippen molar-refractivity contribution in [1.29, 1.82) is 0 Å². The molecule has 0 bridgehead atoms. The first-order valence-electron chi connectivity index (χ1n) is 7.09. The smallest absolute Gasteiger partial charge is 0.409 e. The van der Waals surface area contributed by atoms with Crippen molar-refractivity contribution in [2.24, 2.45) is 0 Å². The SMILES string of the molecule is COC(=O)N1CCC(NC(=O)CSc2ccc(F)cc2)CC1. The number of methoxy groups -OCH3 is 1. The number of carbonyl (C=O) groups is 2. The zero-order valence-electron chi connectivity index (χ0n) is 12.4. The van der Waals surface area contributed by atoms with Crippen molar-refractivity contribution in [1.82, 2.24) is 10.2 Å². The van der Waals surface area contributed by atoms with Gasteiger partial charge in [-0.25, -0.2) is 9.18 Å². The van der Waals surface area contributed by atoms with Crippen molar-refractivity contribution in [3.05, 3.63) is 30.1 Å². The molecule has 0 saturated carbocycles. The van der Waals surface area contributed by atoms with Gasteiger partial charge in [-0.3, -0.25) is 4.79 Å². The van der Waals surface area contributed by atoms with Crippen molar-refractivity contribution in [3.63, 3.8) is 0 Å². The van der Waals surface area contributed by atoms with Gasteiger partial charge in [-0.15, -0.1) is 11.8 Å². The number of hydrogen-bond acceptors (Lipinski definition) is 4. The van der Waals surface area contributed by atoms with Crippen LogP contribution >= 0.6 is 11.8 Å². The molecule has 1 N–H and O–H groups in total. The monoisotopic (exact) mass is 326 g/mol. The van der Waals surface area contributed by atoms with Crippen LogP contribution in [-0.2, 0) is 9.53 Å². The summed E-state index contributed by atoms with van der Waals surface area (Å²) in [5.74, 6) is -0.0416. The molecule has 5 nitrogen and oxygen atoms in total. The molecule has 22 heavy (non-hydrogen) atoms. The first kappa shape index (κ1) is 16.6. The number of benzene rings is 1. The topological polar surface area (TPSA) is 58.6 Å². The second-order valence-electron chi connectivity index (χ2n) is 5.04. The fraction of sp³-hybridized carbons (Fsp3) is 0.467. The predicted octanol–water partition coefficient (Wildman–Crippen LogP) is 2.26. The third-order valence-electron chi connectivity index (χ3n) is 3.48. The summed E-state index contributed by atoms with van der Waals surface area (Å²) in [4.78, 5) is 25.8. The Kier molecular flexibility index (Phi) is 6.06. The zero-order valence-corrected chi connectivity index (χ0v) is 13.2. The van der Waals surface area contributed by atoms with E-state index in [9.17, 15) is 14.0 Å². The predicted molar refractivity (Wildman–Crippen MR) is 82.3 cm³/mol. The van der Waals surface area contributed by atoms with Crippen LogP contribution in [0.1, 0.15) is 12.8 Å². The molecule has 0 radical (unpaired) electrons. The summed E-state index contributed by atoms with van der Waals surface area (Å²) in [6.45, 7) is 1.17. The summed E-state index contributed by atoms with van der Waals surface area (Å²) in [5.41, 5.74) is 0. The van der Waals surface area contributed by atoms with E-state index < -0.39 is 0 Å². The molecule has 2 rings (SSSR count). The van der Waals surface area contributed by atoms with Gasteiger partial charge in [0.2, 0.25) is 5.91 Å². The number of amides is 2. The van der Waals surface area contributed by atoms with Crippen LogP contribution in [0.25, 0.3) is 0 Å². The van der Waals surface area contributed by atoms with Gasteiger partial charge in [0.25, 0.3) is 0 Å². The van der Waals surface area contributed by atoms with Crippen LogP contribution in [-0.4, -0.2) is 48.9 Å². The van der Waals surface area contributed by atoms with Crippen molar-refractivity contribution in [2.45, 2.75) is 23.8 Å². The summed E-state index contributed by atoms with van der Waals surface area (Å²) in [6, 6.07) is 6.15. The Morgan fingerprint density at radius 2 is 1.95 bits per heavy atom. The lowest BCUT2D eigenvalue weighted by Gasteiger charge is -2.31. The van der Waals surface area contributed by atoms with E-state index in [2.05, 4.69) is 10.1 Å². The minimum absolute atomic E-state index is 0.0501. The maximum absolute atomic E-state index is 12.8. The number of carbonyl (C=O) groups excluding carboxylic acids is 2. The molecular weight excluding hydrogens is 307 g/mol. The molecule has 1 saturated heterocycles. The summed E-state index contributed by atoms with van der Waals surface area (Å²) in [5, 5.41) is 2.97. The van der Waals surface area contributed by atoms with E-state index in [-0.39, 0.29) is 23.9 Å². The molecule has 7 heteroatoms. The van der Waals surface area contributed by atoms with Crippen molar-refractivity contribution in [2.75, 3.05) is 26.0 Å². The number of hydrogen-bond donors (Lipinski definition) is 1. The molecule has 1 aliphatic heterocycles. The molecule has 1 fully saturated rings. The Hall–Kier alpha value is -1.76. The fourth-order valence-electron chi connectivity index (χ4n) is 2.28. The molecule has 1 heterocycles. The van der Waals surface area contributed by atoms with Crippen LogP contribution in [0.3, 0.4) is 0 Å². The Morgan fingerprint density at radius 1 is 1.32 bits per heavy atom. The van der Waals surface area contributed by atoms with E-state index in [0.29, 0.717) is 18.8 Å². The van der Waals surface area contributed by atoms with Gasteiger partial charge in [0.05, 0.1) is 12.9 Å². The molecule has 120 valence electrons. The molecule has 0 aromatic heterocycles. The van der Waals surface area contributed by atoms with Crippen molar-refractivity contribution >= 4 is 23.8 Å². The first-order chi connectivity index (χ1) is 10.6. The molecule has 0 unspecified atom stereocenters. The highest BCUT2D eigenvalue weighted by Crippen LogP contribution is 2.18. The molecule has 0 aliphatic carbocycles. The lowest BCUT2D eigenvalue weighted by atomic mass is 10.1. The third-order valence-corrected chi connectivity index (χ3v) is 4.49. The molecule has 1 aromatic rings. The minimum Gasteiger partial charge on any atom is -0.453 e. The van der Waals surface area contributed by atoms with E-state index in [1.807, 2.05) is 0 Å². The second-order valence-corrected chi connectivity index (χ2v) is 6.09. The number of ether oxygens (including phenoxy) is 1. The number of halogens is 1. The molecule has 2 amide bonds. The minimum atomic E-state index is -0.323. The number of rotatable bonds is 4. The normalized spacial score (nSPS) is 15.5. The van der Waals surface area contributed by atoms with Crippen LogP contribution in [0.15, 0.2) is 29.2 Å². The van der Waals surface area contributed by atoms with Crippen LogP contribution < -0.4 is 5.32 Å². The molecular formula is C15H19FN2O3S. The van der Waals surface area contributed by atoms with Gasteiger partial charge in [0.15, 0.2) is 0 Å². The standard InChI is InChI=1S/C15H19FN2O3S/c1-21-15(20)18-8-6-12(7-9-18)17-14(19)10-22-13-4-2-11(16)3-5-13/h2-5,12H,6-10H2,1H3,(H,17,19). The Balaban J connectivity index is 1.69. The van der Waals surface area contributed by atoms with E-state index in [1.165, 1.54) is 31.0 Å². The van der Waals surface area contributed by atoms with Crippen LogP contribution in [0.2, 0.25) is 0 Å². The van der Waals surface area contributed by atoms with E-state index in [1.54, 1.807) is 17.0 Å². The Bertz CT molecular complexity index is 516. The Labute approximate surface area is 133 Å². The van der Waals surface area contributed by atoms with Crippen molar-refractivity contribution in [3.8, 4) is 0 Å². The highest BCUT2D eigenvalue weighted by Gasteiger charge is 2.24. The van der Waals surface area contributed by atoms with Gasteiger partial charge in [-0.2, -0.15) is 0 Å². The maximum Gasteiger partial charge on any atom is 0.409 e. The zero-order chi connectivity index (χ0) is 15.9. The second kappa shape index (κ2) is 8.03. The highest BCUT2D eigenvalue weighted by molar-refractivity contribution is 8.00. The van der Waals surface area contributed by atoms with Gasteiger partial charge < -0.3 is 15.0 Å². The lowest BCUT2D eigenvalue weighted by Crippen LogP contribution is -2.46. The highest BCUT2D eigenvalue weighted by atomic mass is 32.2. The van der Waals surface area contributed by atoms with Gasteiger partial charge >= 0.3 is 6.09 Å².